The number of carbonyl (C=O) groups excluding carboxylic acids is 1. The van der Waals surface area contributed by atoms with Crippen LogP contribution in [0.4, 0.5) is 0 Å². The molecule has 26 heavy (non-hydrogen) atoms. The molecule has 1 atom stereocenters. The Balaban J connectivity index is 1.63. The van der Waals surface area contributed by atoms with E-state index in [1.807, 2.05) is 37.3 Å². The minimum atomic E-state index is -1.27. The number of hydrogen-bond donors (Lipinski definition) is 2. The monoisotopic (exact) mass is 412 g/mol. The molecule has 3 rings (SSSR count). The van der Waals surface area contributed by atoms with Gasteiger partial charge in [-0.1, -0.05) is 58.4 Å². The summed E-state index contributed by atoms with van der Waals surface area (Å²) in [7, 11) is 0. The van der Waals surface area contributed by atoms with Gasteiger partial charge < -0.3 is 9.52 Å². The van der Waals surface area contributed by atoms with Gasteiger partial charge in [0.1, 0.15) is 11.5 Å². The van der Waals surface area contributed by atoms with Crippen LogP contribution in [-0.4, -0.2) is 17.2 Å². The Morgan fingerprint density at radius 1 is 1.19 bits per heavy atom. The van der Waals surface area contributed by atoms with Crippen molar-refractivity contribution in [3.63, 3.8) is 0 Å². The predicted molar refractivity (Wildman–Crippen MR) is 104 cm³/mol. The predicted octanol–water partition coefficient (Wildman–Crippen LogP) is 4.20. The maximum Gasteiger partial charge on any atom is 0.273 e. The first kappa shape index (κ1) is 18.1. The second-order valence-corrected chi connectivity index (χ2v) is 6.57. The van der Waals surface area contributed by atoms with Crippen LogP contribution < -0.4 is 5.43 Å². The highest BCUT2D eigenvalue weighted by molar-refractivity contribution is 9.10. The van der Waals surface area contributed by atoms with Gasteiger partial charge in [-0.25, -0.2) is 5.43 Å². The van der Waals surface area contributed by atoms with E-state index in [0.717, 1.165) is 15.6 Å². The summed E-state index contributed by atoms with van der Waals surface area (Å²) in [4.78, 5) is 11.9. The fraction of sp³-hybridized carbons (Fsp3) is 0.100. The van der Waals surface area contributed by atoms with Crippen LogP contribution >= 0.6 is 15.9 Å². The molecule has 0 saturated heterocycles. The molecule has 5 nitrogen and oxygen atoms in total. The van der Waals surface area contributed by atoms with Gasteiger partial charge in [0.25, 0.3) is 5.91 Å². The van der Waals surface area contributed by atoms with Gasteiger partial charge in [-0.2, -0.15) is 5.10 Å². The van der Waals surface area contributed by atoms with Crippen LogP contribution in [0.5, 0.6) is 0 Å². The number of aliphatic hydroxyl groups is 1. The van der Waals surface area contributed by atoms with Gasteiger partial charge in [-0.05, 0) is 36.2 Å². The highest BCUT2D eigenvalue weighted by Crippen LogP contribution is 2.26. The molecule has 1 amide bonds. The van der Waals surface area contributed by atoms with E-state index in [1.54, 1.807) is 30.3 Å². The van der Waals surface area contributed by atoms with E-state index in [-0.39, 0.29) is 0 Å². The molecule has 0 spiro atoms. The van der Waals surface area contributed by atoms with Crippen molar-refractivity contribution in [2.75, 3.05) is 0 Å². The van der Waals surface area contributed by atoms with Crippen molar-refractivity contribution in [1.82, 2.24) is 5.43 Å². The minimum Gasteiger partial charge on any atom is -0.455 e. The van der Waals surface area contributed by atoms with Crippen molar-refractivity contribution in [1.29, 1.82) is 0 Å². The largest absolute Gasteiger partial charge is 0.455 e. The molecular weight excluding hydrogens is 396 g/mol. The Kier molecular flexibility index (Phi) is 5.65. The summed E-state index contributed by atoms with van der Waals surface area (Å²) in [5, 5.41) is 13.8. The molecule has 1 aromatic heterocycles. The fourth-order valence-electron chi connectivity index (χ4n) is 2.33. The Bertz CT molecular complexity index is 935. The molecule has 0 aliphatic rings. The first-order chi connectivity index (χ1) is 12.5. The molecule has 0 radical (unpaired) electrons. The second kappa shape index (κ2) is 8.12. The topological polar surface area (TPSA) is 74.8 Å². The first-order valence-corrected chi connectivity index (χ1v) is 8.76. The van der Waals surface area contributed by atoms with Gasteiger partial charge in [0.2, 0.25) is 0 Å². The summed E-state index contributed by atoms with van der Waals surface area (Å²) in [5.41, 5.74) is 4.89. The van der Waals surface area contributed by atoms with E-state index < -0.39 is 12.0 Å². The quantitative estimate of drug-likeness (QED) is 0.486. The number of carbonyl (C=O) groups is 1. The molecule has 1 heterocycles. The third-order valence-electron chi connectivity index (χ3n) is 3.81. The Morgan fingerprint density at radius 2 is 1.96 bits per heavy atom. The van der Waals surface area contributed by atoms with E-state index in [2.05, 4.69) is 26.5 Å². The minimum absolute atomic E-state index is 0.492. The van der Waals surface area contributed by atoms with Crippen LogP contribution in [0.15, 0.2) is 74.7 Å². The molecular formula is C20H17BrN2O3. The van der Waals surface area contributed by atoms with Crippen molar-refractivity contribution in [3.05, 3.63) is 82.0 Å². The number of aryl methyl sites for hydroxylation is 1. The summed E-state index contributed by atoms with van der Waals surface area (Å²) in [6.07, 6.45) is 0.118. The SMILES string of the molecule is Cc1ccc(-c2ccc(/C=N/NC(=O)C(O)c3ccccc3)o2)cc1Br. The third-order valence-corrected chi connectivity index (χ3v) is 4.67. The smallest absolute Gasteiger partial charge is 0.273 e. The summed E-state index contributed by atoms with van der Waals surface area (Å²) >= 11 is 3.50. The van der Waals surface area contributed by atoms with Crippen LogP contribution in [0.25, 0.3) is 11.3 Å². The van der Waals surface area contributed by atoms with Gasteiger partial charge in [0.05, 0.1) is 6.21 Å². The zero-order valence-electron chi connectivity index (χ0n) is 14.0. The van der Waals surface area contributed by atoms with Crippen molar-refractivity contribution < 1.29 is 14.3 Å². The van der Waals surface area contributed by atoms with Gasteiger partial charge in [-0.3, -0.25) is 4.79 Å². The Morgan fingerprint density at radius 3 is 2.69 bits per heavy atom. The highest BCUT2D eigenvalue weighted by atomic mass is 79.9. The molecule has 6 heteroatoms. The standard InChI is InChI=1S/C20H17BrN2O3/c1-13-7-8-15(11-17(13)21)18-10-9-16(26-18)12-22-23-20(25)19(24)14-5-3-2-4-6-14/h2-12,19,24H,1H3,(H,23,25)/b22-12+. The molecule has 2 N–H and O–H groups in total. The van der Waals surface area contributed by atoms with E-state index in [4.69, 9.17) is 4.42 Å². The third kappa shape index (κ3) is 4.28. The Labute approximate surface area is 159 Å². The molecule has 0 saturated carbocycles. The maximum atomic E-state index is 11.9. The summed E-state index contributed by atoms with van der Waals surface area (Å²) in [5.74, 6) is 0.579. The number of halogens is 1. The van der Waals surface area contributed by atoms with Gasteiger partial charge in [-0.15, -0.1) is 0 Å². The summed E-state index contributed by atoms with van der Waals surface area (Å²) in [6, 6.07) is 18.2. The van der Waals surface area contributed by atoms with Crippen molar-refractivity contribution in [3.8, 4) is 11.3 Å². The zero-order valence-corrected chi connectivity index (χ0v) is 15.6. The number of amides is 1. The molecule has 0 aliphatic heterocycles. The number of aliphatic hydroxyl groups excluding tert-OH is 1. The molecule has 132 valence electrons. The van der Waals surface area contributed by atoms with Gasteiger partial charge in [0.15, 0.2) is 6.10 Å². The van der Waals surface area contributed by atoms with E-state index >= 15 is 0 Å². The molecule has 0 bridgehead atoms. The van der Waals surface area contributed by atoms with Crippen molar-refractivity contribution in [2.45, 2.75) is 13.0 Å². The van der Waals surface area contributed by atoms with Crippen molar-refractivity contribution in [2.24, 2.45) is 5.10 Å². The molecule has 1 unspecified atom stereocenters. The lowest BCUT2D eigenvalue weighted by atomic mass is 10.1. The van der Waals surface area contributed by atoms with E-state index in [1.165, 1.54) is 6.21 Å². The fourth-order valence-corrected chi connectivity index (χ4v) is 2.71. The second-order valence-electron chi connectivity index (χ2n) is 5.71. The molecule has 0 aliphatic carbocycles. The molecule has 3 aromatic rings. The number of nitrogens with one attached hydrogen (secondary N) is 1. The van der Waals surface area contributed by atoms with E-state index in [9.17, 15) is 9.90 Å². The average Bonchev–Trinajstić information content (AvgIpc) is 3.13. The summed E-state index contributed by atoms with van der Waals surface area (Å²) < 4.78 is 6.71. The van der Waals surface area contributed by atoms with Crippen LogP contribution in [-0.2, 0) is 4.79 Å². The van der Waals surface area contributed by atoms with Gasteiger partial charge in [0, 0.05) is 10.0 Å². The van der Waals surface area contributed by atoms with Crippen LogP contribution in [0.1, 0.15) is 23.0 Å². The average molecular weight is 413 g/mol. The van der Waals surface area contributed by atoms with Crippen LogP contribution in [0, 0.1) is 6.92 Å². The number of rotatable bonds is 5. The lowest BCUT2D eigenvalue weighted by Gasteiger charge is -2.08. The van der Waals surface area contributed by atoms with E-state index in [0.29, 0.717) is 17.1 Å². The first-order valence-electron chi connectivity index (χ1n) is 7.97. The number of nitrogens with zero attached hydrogens (tertiary/aromatic N) is 1. The number of benzene rings is 2. The molecule has 0 fully saturated rings. The number of hydrazone groups is 1. The Hall–Kier alpha value is -2.70. The van der Waals surface area contributed by atoms with Gasteiger partial charge >= 0.3 is 0 Å². The molecule has 2 aromatic carbocycles. The van der Waals surface area contributed by atoms with Crippen molar-refractivity contribution >= 4 is 28.1 Å². The lowest BCUT2D eigenvalue weighted by Crippen LogP contribution is -2.25. The normalized spacial score (nSPS) is 12.3. The number of hydrogen-bond acceptors (Lipinski definition) is 4. The van der Waals surface area contributed by atoms with Crippen LogP contribution in [0.3, 0.4) is 0 Å². The summed E-state index contributed by atoms with van der Waals surface area (Å²) in [6.45, 7) is 2.01. The van der Waals surface area contributed by atoms with Crippen LogP contribution in [0.2, 0.25) is 0 Å². The zero-order chi connectivity index (χ0) is 18.5. The lowest BCUT2D eigenvalue weighted by molar-refractivity contribution is -0.129. The maximum absolute atomic E-state index is 11.9. The highest BCUT2D eigenvalue weighted by Gasteiger charge is 2.16. The number of furan rings is 1.